The van der Waals surface area contributed by atoms with Crippen LogP contribution in [0.1, 0.15) is 25.7 Å². The number of piperidine rings is 1. The molecule has 3 rings (SSSR count). The monoisotopic (exact) mass is 347 g/mol. The molecule has 2 heterocycles. The van der Waals surface area contributed by atoms with Crippen LogP contribution in [-0.2, 0) is 4.79 Å². The van der Waals surface area contributed by atoms with E-state index in [1.165, 1.54) is 18.2 Å². The van der Waals surface area contributed by atoms with E-state index in [9.17, 15) is 4.79 Å². The molecule has 7 heteroatoms. The topological polar surface area (TPSA) is 68.5 Å². The van der Waals surface area contributed by atoms with Crippen LogP contribution < -0.4 is 4.74 Å². The van der Waals surface area contributed by atoms with Gasteiger partial charge in [0.1, 0.15) is 5.75 Å². The molecule has 0 unspecified atom stereocenters. The van der Waals surface area contributed by atoms with Crippen molar-refractivity contribution in [1.82, 2.24) is 15.1 Å². The zero-order chi connectivity index (χ0) is 16.8. The highest BCUT2D eigenvalue weighted by Crippen LogP contribution is 2.26. The number of hydrogen-bond donors (Lipinski definition) is 0. The first-order chi connectivity index (χ1) is 11.8. The van der Waals surface area contributed by atoms with Crippen molar-refractivity contribution in [1.29, 1.82) is 0 Å². The van der Waals surface area contributed by atoms with Gasteiger partial charge in [0.25, 0.3) is 5.22 Å². The Balaban J connectivity index is 1.51. The first-order valence-electron chi connectivity index (χ1n) is 8.15. The normalized spacial score (nSPS) is 14.6. The molecule has 1 aliphatic rings. The number of methoxy groups -OCH3 is 1. The number of benzene rings is 1. The number of thioether (sulfide) groups is 1. The average Bonchev–Trinajstić information content (AvgIpc) is 3.11. The molecule has 1 aromatic heterocycles. The standard InChI is InChI=1S/C17H21N3O3S/c1-22-14-7-5-6-13(12-14)16-18-19-17(23-16)24-11-8-15(21)20-9-3-2-4-10-20/h5-7,12H,2-4,8-11H2,1H3. The molecule has 0 aliphatic carbocycles. The van der Waals surface area contributed by atoms with Gasteiger partial charge in [0.05, 0.1) is 7.11 Å². The summed E-state index contributed by atoms with van der Waals surface area (Å²) in [5, 5.41) is 8.58. The van der Waals surface area contributed by atoms with Gasteiger partial charge >= 0.3 is 0 Å². The van der Waals surface area contributed by atoms with E-state index in [2.05, 4.69) is 10.2 Å². The maximum atomic E-state index is 12.1. The molecule has 1 saturated heterocycles. The summed E-state index contributed by atoms with van der Waals surface area (Å²) in [6.07, 6.45) is 3.97. The van der Waals surface area contributed by atoms with Crippen molar-refractivity contribution in [2.24, 2.45) is 0 Å². The molecule has 1 aromatic carbocycles. The maximum Gasteiger partial charge on any atom is 0.276 e. The van der Waals surface area contributed by atoms with Gasteiger partial charge in [-0.2, -0.15) is 0 Å². The van der Waals surface area contributed by atoms with Gasteiger partial charge in [-0.3, -0.25) is 4.79 Å². The zero-order valence-corrected chi connectivity index (χ0v) is 14.6. The van der Waals surface area contributed by atoms with E-state index >= 15 is 0 Å². The lowest BCUT2D eigenvalue weighted by Crippen LogP contribution is -2.35. The zero-order valence-electron chi connectivity index (χ0n) is 13.7. The molecule has 0 atom stereocenters. The van der Waals surface area contributed by atoms with E-state index in [4.69, 9.17) is 9.15 Å². The second-order valence-electron chi connectivity index (χ2n) is 5.64. The average molecular weight is 347 g/mol. The lowest BCUT2D eigenvalue weighted by Gasteiger charge is -2.26. The number of likely N-dealkylation sites (tertiary alicyclic amines) is 1. The number of aromatic nitrogens is 2. The van der Waals surface area contributed by atoms with Gasteiger partial charge in [-0.25, -0.2) is 0 Å². The summed E-state index contributed by atoms with van der Waals surface area (Å²) in [6.45, 7) is 1.79. The number of carbonyl (C=O) groups excluding carboxylic acids is 1. The minimum Gasteiger partial charge on any atom is -0.497 e. The van der Waals surface area contributed by atoms with Crippen LogP contribution in [0.3, 0.4) is 0 Å². The van der Waals surface area contributed by atoms with Crippen molar-refractivity contribution in [3.05, 3.63) is 24.3 Å². The number of carbonyl (C=O) groups is 1. The lowest BCUT2D eigenvalue weighted by molar-refractivity contribution is -0.131. The highest BCUT2D eigenvalue weighted by Gasteiger charge is 2.17. The van der Waals surface area contributed by atoms with Crippen LogP contribution in [0.15, 0.2) is 33.9 Å². The molecule has 0 bridgehead atoms. The molecule has 1 aliphatic heterocycles. The summed E-state index contributed by atoms with van der Waals surface area (Å²) in [5.41, 5.74) is 0.818. The van der Waals surface area contributed by atoms with Crippen LogP contribution in [0.2, 0.25) is 0 Å². The molecular weight excluding hydrogens is 326 g/mol. The second-order valence-corrected chi connectivity index (χ2v) is 6.69. The summed E-state index contributed by atoms with van der Waals surface area (Å²) in [7, 11) is 1.62. The van der Waals surface area contributed by atoms with Crippen LogP contribution in [0.25, 0.3) is 11.5 Å². The molecule has 2 aromatic rings. The Labute approximate surface area is 145 Å². The second kappa shape index (κ2) is 8.19. The van der Waals surface area contributed by atoms with Crippen LogP contribution in [-0.4, -0.2) is 47.0 Å². The fourth-order valence-corrected chi connectivity index (χ4v) is 3.36. The summed E-state index contributed by atoms with van der Waals surface area (Å²) in [4.78, 5) is 14.1. The van der Waals surface area contributed by atoms with E-state index in [1.807, 2.05) is 29.2 Å². The minimum absolute atomic E-state index is 0.217. The van der Waals surface area contributed by atoms with Crippen molar-refractivity contribution in [2.45, 2.75) is 30.9 Å². The van der Waals surface area contributed by atoms with Crippen molar-refractivity contribution >= 4 is 17.7 Å². The van der Waals surface area contributed by atoms with Gasteiger partial charge in [0.15, 0.2) is 0 Å². The van der Waals surface area contributed by atoms with Crippen molar-refractivity contribution < 1.29 is 13.9 Å². The van der Waals surface area contributed by atoms with Gasteiger partial charge in [-0.1, -0.05) is 17.8 Å². The highest BCUT2D eigenvalue weighted by molar-refractivity contribution is 7.99. The van der Waals surface area contributed by atoms with Crippen LogP contribution >= 0.6 is 11.8 Å². The van der Waals surface area contributed by atoms with Crippen molar-refractivity contribution in [3.8, 4) is 17.2 Å². The predicted octanol–water partition coefficient (Wildman–Crippen LogP) is 3.24. The molecule has 0 radical (unpaired) electrons. The van der Waals surface area contributed by atoms with Gasteiger partial charge in [-0.05, 0) is 37.5 Å². The Hall–Kier alpha value is -2.02. The number of rotatable bonds is 6. The molecule has 1 amide bonds. The molecule has 128 valence electrons. The maximum absolute atomic E-state index is 12.1. The predicted molar refractivity (Wildman–Crippen MR) is 92.1 cm³/mol. The third-order valence-electron chi connectivity index (χ3n) is 3.97. The van der Waals surface area contributed by atoms with Crippen LogP contribution in [0, 0.1) is 0 Å². The Kier molecular flexibility index (Phi) is 5.74. The number of ether oxygens (including phenoxy) is 1. The van der Waals surface area contributed by atoms with Crippen LogP contribution in [0.5, 0.6) is 5.75 Å². The Bertz CT molecular complexity index is 683. The Morgan fingerprint density at radius 1 is 1.29 bits per heavy atom. The molecule has 6 nitrogen and oxygen atoms in total. The third kappa shape index (κ3) is 4.29. The SMILES string of the molecule is COc1cccc(-c2nnc(SCCC(=O)N3CCCCC3)o2)c1. The van der Waals surface area contributed by atoms with Crippen LogP contribution in [0.4, 0.5) is 0 Å². The quantitative estimate of drug-likeness (QED) is 0.747. The third-order valence-corrected chi connectivity index (χ3v) is 4.79. The smallest absolute Gasteiger partial charge is 0.276 e. The van der Waals surface area contributed by atoms with Crippen molar-refractivity contribution in [3.63, 3.8) is 0 Å². The van der Waals surface area contributed by atoms with E-state index in [-0.39, 0.29) is 5.91 Å². The summed E-state index contributed by atoms with van der Waals surface area (Å²) in [5.74, 6) is 2.07. The fourth-order valence-electron chi connectivity index (χ4n) is 2.67. The molecule has 0 saturated carbocycles. The molecule has 0 N–H and O–H groups in total. The van der Waals surface area contributed by atoms with Gasteiger partial charge in [-0.15, -0.1) is 10.2 Å². The van der Waals surface area contributed by atoms with Gasteiger partial charge in [0, 0.05) is 30.8 Å². The van der Waals surface area contributed by atoms with Gasteiger partial charge < -0.3 is 14.1 Å². The van der Waals surface area contributed by atoms with E-state index < -0.39 is 0 Å². The Morgan fingerprint density at radius 3 is 2.92 bits per heavy atom. The first kappa shape index (κ1) is 16.8. The Morgan fingerprint density at radius 2 is 2.12 bits per heavy atom. The molecule has 1 fully saturated rings. The first-order valence-corrected chi connectivity index (χ1v) is 9.13. The number of nitrogens with zero attached hydrogens (tertiary/aromatic N) is 3. The summed E-state index contributed by atoms with van der Waals surface area (Å²) in [6, 6.07) is 7.48. The van der Waals surface area contributed by atoms with Gasteiger partial charge in [0.2, 0.25) is 11.8 Å². The molecular formula is C17H21N3O3S. The summed E-state index contributed by atoms with van der Waals surface area (Å²) >= 11 is 1.42. The number of amides is 1. The minimum atomic E-state index is 0.217. The lowest BCUT2D eigenvalue weighted by atomic mass is 10.1. The number of hydrogen-bond acceptors (Lipinski definition) is 6. The highest BCUT2D eigenvalue weighted by atomic mass is 32.2. The van der Waals surface area contributed by atoms with Crippen molar-refractivity contribution in [2.75, 3.05) is 26.0 Å². The molecule has 24 heavy (non-hydrogen) atoms. The van der Waals surface area contributed by atoms with E-state index in [0.717, 1.165) is 37.2 Å². The largest absolute Gasteiger partial charge is 0.497 e. The fraction of sp³-hybridized carbons (Fsp3) is 0.471. The molecule has 0 spiro atoms. The summed E-state index contributed by atoms with van der Waals surface area (Å²) < 4.78 is 10.9. The van der Waals surface area contributed by atoms with E-state index in [0.29, 0.717) is 23.3 Å². The van der Waals surface area contributed by atoms with E-state index in [1.54, 1.807) is 7.11 Å².